The lowest BCUT2D eigenvalue weighted by Crippen LogP contribution is -2.33. The van der Waals surface area contributed by atoms with E-state index in [1.807, 2.05) is 0 Å². The predicted molar refractivity (Wildman–Crippen MR) is 113 cm³/mol. The van der Waals surface area contributed by atoms with Gasteiger partial charge in [-0.15, -0.1) is 0 Å². The van der Waals surface area contributed by atoms with Gasteiger partial charge in [-0.2, -0.15) is 5.10 Å². The highest BCUT2D eigenvalue weighted by atomic mass is 16.5. The summed E-state index contributed by atoms with van der Waals surface area (Å²) in [6.07, 6.45) is 0.259. The zero-order valence-electron chi connectivity index (χ0n) is 16.7. The number of H-pyrrole nitrogens is 1. The Morgan fingerprint density at radius 2 is 1.81 bits per heavy atom. The zero-order valence-corrected chi connectivity index (χ0v) is 16.7. The van der Waals surface area contributed by atoms with E-state index in [9.17, 15) is 19.8 Å². The second kappa shape index (κ2) is 7.90. The van der Waals surface area contributed by atoms with Crippen LogP contribution < -0.4 is 26.1 Å². The summed E-state index contributed by atoms with van der Waals surface area (Å²) in [6.45, 7) is 0. The van der Waals surface area contributed by atoms with Crippen molar-refractivity contribution >= 4 is 5.71 Å². The van der Waals surface area contributed by atoms with E-state index >= 15 is 0 Å². The van der Waals surface area contributed by atoms with E-state index in [1.54, 1.807) is 36.4 Å². The maximum atomic E-state index is 12.6. The third-order valence-electron chi connectivity index (χ3n) is 5.06. The van der Waals surface area contributed by atoms with Crippen molar-refractivity contribution in [3.8, 4) is 28.8 Å². The molecule has 2 heterocycles. The molecule has 10 nitrogen and oxygen atoms in total. The first kappa shape index (κ1) is 20.1. The second-order valence-electron chi connectivity index (χ2n) is 6.84. The average Bonchev–Trinajstić information content (AvgIpc) is 3.23. The van der Waals surface area contributed by atoms with E-state index in [0.29, 0.717) is 11.5 Å². The molecule has 10 heteroatoms. The summed E-state index contributed by atoms with van der Waals surface area (Å²) in [5.41, 5.74) is 2.56. The number of nitrogens with zero attached hydrogens (tertiary/aromatic N) is 2. The van der Waals surface area contributed by atoms with Crippen LogP contribution in [0.4, 0.5) is 0 Å². The maximum absolute atomic E-state index is 12.6. The number of benzene rings is 2. The molecule has 1 unspecified atom stereocenters. The van der Waals surface area contributed by atoms with Gasteiger partial charge < -0.3 is 25.1 Å². The van der Waals surface area contributed by atoms with Gasteiger partial charge >= 0.3 is 5.69 Å². The van der Waals surface area contributed by atoms with Gasteiger partial charge in [0, 0.05) is 6.42 Å². The van der Waals surface area contributed by atoms with Crippen molar-refractivity contribution in [1.29, 1.82) is 0 Å². The van der Waals surface area contributed by atoms with E-state index in [2.05, 4.69) is 15.5 Å². The first-order chi connectivity index (χ1) is 14.9. The van der Waals surface area contributed by atoms with Gasteiger partial charge in [-0.1, -0.05) is 18.2 Å². The van der Waals surface area contributed by atoms with Crippen molar-refractivity contribution < 1.29 is 19.7 Å². The fourth-order valence-corrected chi connectivity index (χ4v) is 3.52. The normalized spacial score (nSPS) is 15.3. The Morgan fingerprint density at radius 1 is 1.06 bits per heavy atom. The SMILES string of the molecule is COc1cc(C2CC(c3c(O)n(-c4ccccc4OC)c(=O)[nH]c3=O)=NN2)ccc1O. The molecular formula is C21H20N4O6. The summed E-state index contributed by atoms with van der Waals surface area (Å²) in [7, 11) is 2.89. The summed E-state index contributed by atoms with van der Waals surface area (Å²) in [4.78, 5) is 27.3. The highest BCUT2D eigenvalue weighted by molar-refractivity contribution is 6.03. The summed E-state index contributed by atoms with van der Waals surface area (Å²) in [5, 5.41) is 24.9. The lowest BCUT2D eigenvalue weighted by molar-refractivity contribution is 0.372. The van der Waals surface area contributed by atoms with Crippen LogP contribution in [0.1, 0.15) is 23.6 Å². The molecule has 0 saturated heterocycles. The minimum absolute atomic E-state index is 0.00311. The number of hydrogen-bond donors (Lipinski definition) is 4. The van der Waals surface area contributed by atoms with Gasteiger partial charge in [-0.25, -0.2) is 9.36 Å². The number of hydrazone groups is 1. The van der Waals surface area contributed by atoms with E-state index in [-0.39, 0.29) is 35.2 Å². The van der Waals surface area contributed by atoms with Crippen LogP contribution in [0.15, 0.2) is 57.2 Å². The lowest BCUT2D eigenvalue weighted by atomic mass is 9.99. The highest BCUT2D eigenvalue weighted by Crippen LogP contribution is 2.33. The third kappa shape index (κ3) is 3.48. The monoisotopic (exact) mass is 424 g/mol. The summed E-state index contributed by atoms with van der Waals surface area (Å²) in [6, 6.07) is 11.2. The standard InChI is InChI=1S/C21H20N4O6/c1-30-16-6-4-3-5-14(16)25-20(28)18(19(27)22-21(25)29)13-10-12(23-24-13)11-7-8-15(26)17(9-11)31-2/h3-9,12,23,26,28H,10H2,1-2H3,(H,22,27,29). The Labute approximate surface area is 176 Å². The summed E-state index contributed by atoms with van der Waals surface area (Å²) in [5.74, 6) is 0.114. The van der Waals surface area contributed by atoms with Crippen molar-refractivity contribution in [2.75, 3.05) is 14.2 Å². The predicted octanol–water partition coefficient (Wildman–Crippen LogP) is 1.39. The molecule has 1 aliphatic heterocycles. The Balaban J connectivity index is 1.75. The van der Waals surface area contributed by atoms with Gasteiger partial charge in [0.15, 0.2) is 11.5 Å². The van der Waals surface area contributed by atoms with Gasteiger partial charge in [-0.05, 0) is 29.8 Å². The van der Waals surface area contributed by atoms with Crippen molar-refractivity contribution in [2.24, 2.45) is 5.10 Å². The molecule has 4 N–H and O–H groups in total. The van der Waals surface area contributed by atoms with E-state index < -0.39 is 17.1 Å². The van der Waals surface area contributed by atoms with Gasteiger partial charge in [-0.3, -0.25) is 9.78 Å². The molecule has 0 bridgehead atoms. The molecule has 0 radical (unpaired) electrons. The zero-order chi connectivity index (χ0) is 22.1. The van der Waals surface area contributed by atoms with Gasteiger partial charge in [0.05, 0.1) is 31.7 Å². The number of phenolic OH excluding ortho intramolecular Hbond substituents is 1. The van der Waals surface area contributed by atoms with Gasteiger partial charge in [0.1, 0.15) is 11.3 Å². The van der Waals surface area contributed by atoms with Crippen LogP contribution in [0.3, 0.4) is 0 Å². The maximum Gasteiger partial charge on any atom is 0.335 e. The first-order valence-corrected chi connectivity index (χ1v) is 9.35. The molecule has 0 aliphatic carbocycles. The number of para-hydroxylation sites is 2. The number of aromatic amines is 1. The number of rotatable bonds is 5. The number of phenols is 1. The fraction of sp³-hybridized carbons (Fsp3) is 0.190. The molecule has 1 atom stereocenters. The molecule has 1 aliphatic rings. The molecule has 2 aromatic carbocycles. The number of hydrogen-bond acceptors (Lipinski definition) is 8. The number of aromatic nitrogens is 2. The van der Waals surface area contributed by atoms with Crippen molar-refractivity contribution in [1.82, 2.24) is 15.0 Å². The minimum atomic E-state index is -0.804. The second-order valence-corrected chi connectivity index (χ2v) is 6.84. The smallest absolute Gasteiger partial charge is 0.335 e. The Hall–Kier alpha value is -4.21. The molecule has 4 rings (SSSR count). The number of ether oxygens (including phenoxy) is 2. The molecular weight excluding hydrogens is 404 g/mol. The molecule has 0 saturated carbocycles. The molecule has 31 heavy (non-hydrogen) atoms. The van der Waals surface area contributed by atoms with Crippen LogP contribution >= 0.6 is 0 Å². The fourth-order valence-electron chi connectivity index (χ4n) is 3.52. The minimum Gasteiger partial charge on any atom is -0.504 e. The van der Waals surface area contributed by atoms with E-state index in [4.69, 9.17) is 9.47 Å². The quantitative estimate of drug-likeness (QED) is 0.486. The molecule has 3 aromatic rings. The van der Waals surface area contributed by atoms with Crippen LogP contribution in [0, 0.1) is 0 Å². The van der Waals surface area contributed by atoms with Crippen molar-refractivity contribution in [3.63, 3.8) is 0 Å². The summed E-state index contributed by atoms with van der Waals surface area (Å²) < 4.78 is 11.4. The molecule has 0 spiro atoms. The molecule has 1 aromatic heterocycles. The van der Waals surface area contributed by atoms with Crippen LogP contribution in [0.2, 0.25) is 0 Å². The summed E-state index contributed by atoms with van der Waals surface area (Å²) >= 11 is 0. The van der Waals surface area contributed by atoms with Gasteiger partial charge in [0.2, 0.25) is 5.88 Å². The lowest BCUT2D eigenvalue weighted by Gasteiger charge is -2.14. The average molecular weight is 424 g/mol. The number of methoxy groups -OCH3 is 2. The first-order valence-electron chi connectivity index (χ1n) is 9.35. The Bertz CT molecular complexity index is 1290. The molecule has 0 fully saturated rings. The van der Waals surface area contributed by atoms with E-state index in [0.717, 1.165) is 10.1 Å². The van der Waals surface area contributed by atoms with Gasteiger partial charge in [0.25, 0.3) is 5.56 Å². The topological polar surface area (TPSA) is 138 Å². The largest absolute Gasteiger partial charge is 0.504 e. The Morgan fingerprint density at radius 3 is 2.55 bits per heavy atom. The van der Waals surface area contributed by atoms with Crippen LogP contribution in [-0.2, 0) is 0 Å². The van der Waals surface area contributed by atoms with E-state index in [1.165, 1.54) is 20.3 Å². The van der Waals surface area contributed by atoms with Crippen molar-refractivity contribution in [3.05, 3.63) is 74.4 Å². The third-order valence-corrected chi connectivity index (χ3v) is 5.06. The van der Waals surface area contributed by atoms with Crippen molar-refractivity contribution in [2.45, 2.75) is 12.5 Å². The highest BCUT2D eigenvalue weighted by Gasteiger charge is 2.28. The van der Waals surface area contributed by atoms with Crippen LogP contribution in [0.5, 0.6) is 23.1 Å². The Kier molecular flexibility index (Phi) is 5.12. The van der Waals surface area contributed by atoms with Crippen LogP contribution in [0.25, 0.3) is 5.69 Å². The van der Waals surface area contributed by atoms with Crippen LogP contribution in [-0.4, -0.2) is 39.7 Å². The number of aromatic hydroxyl groups is 2. The number of nitrogens with one attached hydrogen (secondary N) is 2. The molecule has 160 valence electrons. The molecule has 0 amide bonds.